The van der Waals surface area contributed by atoms with Crippen LogP contribution in [-0.2, 0) is 16.0 Å². The molecule has 1 saturated heterocycles. The molecule has 1 amide bonds. The van der Waals surface area contributed by atoms with Crippen LogP contribution in [0.1, 0.15) is 31.7 Å². The number of morpholine rings is 1. The maximum absolute atomic E-state index is 12.4. The fourth-order valence-electron chi connectivity index (χ4n) is 3.13. The van der Waals surface area contributed by atoms with Gasteiger partial charge < -0.3 is 9.64 Å². The van der Waals surface area contributed by atoms with Crippen LogP contribution >= 0.6 is 0 Å². The number of ether oxygens (including phenoxy) is 1. The smallest absolute Gasteiger partial charge is 0.225 e. The van der Waals surface area contributed by atoms with E-state index in [1.807, 2.05) is 11.0 Å². The second-order valence-electron chi connectivity index (χ2n) is 6.13. The number of benzene rings is 1. The lowest BCUT2D eigenvalue weighted by atomic mass is 9.84. The maximum Gasteiger partial charge on any atom is 0.225 e. The Morgan fingerprint density at radius 3 is 2.65 bits per heavy atom. The molecule has 3 heteroatoms. The van der Waals surface area contributed by atoms with E-state index in [1.54, 1.807) is 0 Å². The first-order valence-electron chi connectivity index (χ1n) is 7.70. The first-order valence-corrected chi connectivity index (χ1v) is 7.70. The summed E-state index contributed by atoms with van der Waals surface area (Å²) in [7, 11) is 0. The predicted octanol–water partition coefficient (Wildman–Crippen LogP) is 2.65. The molecule has 1 aromatic carbocycles. The minimum absolute atomic E-state index is 0.130. The van der Waals surface area contributed by atoms with Crippen molar-refractivity contribution in [3.05, 3.63) is 35.9 Å². The standard InChI is InChI=1S/C17H23NO2/c1-13-11-18(17(19)15-8-5-9-15)12-16(20-13)10-14-6-3-2-4-7-14/h2-4,6-7,13,15-16H,5,8-12H2,1H3. The number of hydrogen-bond acceptors (Lipinski definition) is 2. The normalized spacial score (nSPS) is 27.1. The van der Waals surface area contributed by atoms with E-state index in [2.05, 4.69) is 31.2 Å². The molecule has 1 heterocycles. The van der Waals surface area contributed by atoms with Crippen LogP contribution in [0.3, 0.4) is 0 Å². The first-order chi connectivity index (χ1) is 9.72. The van der Waals surface area contributed by atoms with Crippen molar-refractivity contribution in [1.29, 1.82) is 0 Å². The van der Waals surface area contributed by atoms with Gasteiger partial charge in [0.2, 0.25) is 5.91 Å². The van der Waals surface area contributed by atoms with Gasteiger partial charge in [-0.05, 0) is 25.3 Å². The minimum atomic E-state index is 0.130. The first kappa shape index (κ1) is 13.6. The Morgan fingerprint density at radius 2 is 2.00 bits per heavy atom. The molecule has 1 saturated carbocycles. The van der Waals surface area contributed by atoms with Crippen LogP contribution in [0, 0.1) is 5.92 Å². The van der Waals surface area contributed by atoms with Crippen molar-refractivity contribution >= 4 is 5.91 Å². The molecular formula is C17H23NO2. The highest BCUT2D eigenvalue weighted by atomic mass is 16.5. The fourth-order valence-corrected chi connectivity index (χ4v) is 3.13. The van der Waals surface area contributed by atoms with Gasteiger partial charge in [-0.1, -0.05) is 36.8 Å². The Labute approximate surface area is 120 Å². The molecule has 0 bridgehead atoms. The zero-order chi connectivity index (χ0) is 13.9. The van der Waals surface area contributed by atoms with Gasteiger partial charge in [-0.25, -0.2) is 0 Å². The van der Waals surface area contributed by atoms with Crippen molar-refractivity contribution in [2.75, 3.05) is 13.1 Å². The highest BCUT2D eigenvalue weighted by molar-refractivity contribution is 5.79. The molecule has 1 aromatic rings. The highest BCUT2D eigenvalue weighted by Crippen LogP contribution is 2.29. The molecule has 3 nitrogen and oxygen atoms in total. The summed E-state index contributed by atoms with van der Waals surface area (Å²) < 4.78 is 6.01. The maximum atomic E-state index is 12.4. The van der Waals surface area contributed by atoms with Gasteiger partial charge in [0, 0.05) is 25.4 Å². The monoisotopic (exact) mass is 273 g/mol. The van der Waals surface area contributed by atoms with Gasteiger partial charge in [0.1, 0.15) is 0 Å². The molecule has 2 atom stereocenters. The molecule has 0 aromatic heterocycles. The summed E-state index contributed by atoms with van der Waals surface area (Å²) in [4.78, 5) is 14.4. The number of hydrogen-bond donors (Lipinski definition) is 0. The highest BCUT2D eigenvalue weighted by Gasteiger charge is 2.34. The summed E-state index contributed by atoms with van der Waals surface area (Å²) in [6, 6.07) is 10.4. The van der Waals surface area contributed by atoms with E-state index < -0.39 is 0 Å². The van der Waals surface area contributed by atoms with Gasteiger partial charge in [-0.2, -0.15) is 0 Å². The Balaban J connectivity index is 1.62. The van der Waals surface area contributed by atoms with E-state index >= 15 is 0 Å². The zero-order valence-corrected chi connectivity index (χ0v) is 12.1. The van der Waals surface area contributed by atoms with Crippen molar-refractivity contribution in [1.82, 2.24) is 4.90 Å². The molecule has 0 spiro atoms. The summed E-state index contributed by atoms with van der Waals surface area (Å²) in [5.41, 5.74) is 1.28. The van der Waals surface area contributed by atoms with Gasteiger partial charge in [-0.3, -0.25) is 4.79 Å². The largest absolute Gasteiger partial charge is 0.371 e. The number of carbonyl (C=O) groups is 1. The molecule has 2 aliphatic rings. The third kappa shape index (κ3) is 3.04. The van der Waals surface area contributed by atoms with Crippen molar-refractivity contribution in [2.24, 2.45) is 5.92 Å². The lowest BCUT2D eigenvalue weighted by Crippen LogP contribution is -2.52. The molecule has 2 fully saturated rings. The third-order valence-electron chi connectivity index (χ3n) is 4.40. The van der Waals surface area contributed by atoms with Crippen molar-refractivity contribution in [3.8, 4) is 0 Å². The summed E-state index contributed by atoms with van der Waals surface area (Å²) in [5, 5.41) is 0. The second kappa shape index (κ2) is 5.96. The Bertz CT molecular complexity index is 455. The molecule has 1 aliphatic heterocycles. The predicted molar refractivity (Wildman–Crippen MR) is 78.4 cm³/mol. The SMILES string of the molecule is CC1CN(C(=O)C2CCC2)CC(Cc2ccccc2)O1. The average molecular weight is 273 g/mol. The third-order valence-corrected chi connectivity index (χ3v) is 4.40. The summed E-state index contributed by atoms with van der Waals surface area (Å²) in [5.74, 6) is 0.641. The Hall–Kier alpha value is -1.35. The van der Waals surface area contributed by atoms with Crippen LogP contribution in [0.2, 0.25) is 0 Å². The van der Waals surface area contributed by atoms with Crippen LogP contribution in [-0.4, -0.2) is 36.1 Å². The van der Waals surface area contributed by atoms with E-state index in [9.17, 15) is 4.79 Å². The van der Waals surface area contributed by atoms with Crippen LogP contribution < -0.4 is 0 Å². The second-order valence-corrected chi connectivity index (χ2v) is 6.13. The number of amides is 1. The van der Waals surface area contributed by atoms with Crippen LogP contribution in [0.4, 0.5) is 0 Å². The topological polar surface area (TPSA) is 29.5 Å². The van der Waals surface area contributed by atoms with Gasteiger partial charge in [0.15, 0.2) is 0 Å². The van der Waals surface area contributed by atoms with Crippen LogP contribution in [0.25, 0.3) is 0 Å². The molecule has 108 valence electrons. The molecule has 0 radical (unpaired) electrons. The van der Waals surface area contributed by atoms with E-state index in [0.29, 0.717) is 5.91 Å². The molecular weight excluding hydrogens is 250 g/mol. The minimum Gasteiger partial charge on any atom is -0.371 e. The quantitative estimate of drug-likeness (QED) is 0.847. The Kier molecular flexibility index (Phi) is 4.06. The van der Waals surface area contributed by atoms with E-state index in [4.69, 9.17) is 4.74 Å². The van der Waals surface area contributed by atoms with Gasteiger partial charge in [0.05, 0.1) is 12.2 Å². The van der Waals surface area contributed by atoms with Crippen LogP contribution in [0.5, 0.6) is 0 Å². The molecule has 0 N–H and O–H groups in total. The molecule has 20 heavy (non-hydrogen) atoms. The zero-order valence-electron chi connectivity index (χ0n) is 12.1. The molecule has 1 aliphatic carbocycles. The lowest BCUT2D eigenvalue weighted by molar-refractivity contribution is -0.151. The lowest BCUT2D eigenvalue weighted by Gasteiger charge is -2.40. The van der Waals surface area contributed by atoms with E-state index in [-0.39, 0.29) is 18.1 Å². The van der Waals surface area contributed by atoms with E-state index in [0.717, 1.165) is 32.4 Å². The number of carbonyl (C=O) groups excluding carboxylic acids is 1. The average Bonchev–Trinajstić information content (AvgIpc) is 2.37. The van der Waals surface area contributed by atoms with Gasteiger partial charge in [-0.15, -0.1) is 0 Å². The van der Waals surface area contributed by atoms with Crippen LogP contribution in [0.15, 0.2) is 30.3 Å². The van der Waals surface area contributed by atoms with Gasteiger partial charge >= 0.3 is 0 Å². The van der Waals surface area contributed by atoms with Crippen molar-refractivity contribution < 1.29 is 9.53 Å². The number of rotatable bonds is 3. The number of nitrogens with zero attached hydrogens (tertiary/aromatic N) is 1. The summed E-state index contributed by atoms with van der Waals surface area (Å²) in [6.45, 7) is 3.56. The van der Waals surface area contributed by atoms with E-state index in [1.165, 1.54) is 12.0 Å². The Morgan fingerprint density at radius 1 is 1.25 bits per heavy atom. The fraction of sp³-hybridized carbons (Fsp3) is 0.588. The van der Waals surface area contributed by atoms with Gasteiger partial charge in [0.25, 0.3) is 0 Å². The molecule has 2 unspecified atom stereocenters. The van der Waals surface area contributed by atoms with Crippen molar-refractivity contribution in [3.63, 3.8) is 0 Å². The molecule has 3 rings (SSSR count). The summed E-state index contributed by atoms with van der Waals surface area (Å²) >= 11 is 0. The summed E-state index contributed by atoms with van der Waals surface area (Å²) in [6.07, 6.45) is 4.53. The van der Waals surface area contributed by atoms with Crippen molar-refractivity contribution in [2.45, 2.75) is 44.8 Å².